The number of allylic oxidation sites excluding steroid dienone is 1. The van der Waals surface area contributed by atoms with Crippen molar-refractivity contribution < 1.29 is 19.3 Å². The van der Waals surface area contributed by atoms with E-state index in [4.69, 9.17) is 0 Å². The first kappa shape index (κ1) is 45.0. The SMILES string of the molecule is C=C(c1cccs1)C(C)C.CC(C)C(=O)c1cccc(C(=O)C(C)C)c1.CC(C)C(=O)c1ccccc1[N+](=O)[O-].CC(C)P(C)c1ccccc1. The second kappa shape index (κ2) is 22.7. The van der Waals surface area contributed by atoms with Crippen molar-refractivity contribution in [2.24, 2.45) is 23.7 Å². The van der Waals surface area contributed by atoms with E-state index in [1.54, 1.807) is 61.6 Å². The summed E-state index contributed by atoms with van der Waals surface area (Å²) in [6, 6.07) is 28.0. The lowest BCUT2D eigenvalue weighted by Gasteiger charge is -2.15. The van der Waals surface area contributed by atoms with E-state index in [-0.39, 0.29) is 54.3 Å². The van der Waals surface area contributed by atoms with Crippen LogP contribution in [0.1, 0.15) is 105 Å². The first-order valence-corrected chi connectivity index (χ1v) is 20.1. The molecule has 0 bridgehead atoms. The summed E-state index contributed by atoms with van der Waals surface area (Å²) in [5.41, 5.74) is 3.36. The summed E-state index contributed by atoms with van der Waals surface area (Å²) in [7, 11) is 0.0653. The fourth-order valence-corrected chi connectivity index (χ4v) is 6.44. The third-order valence-corrected chi connectivity index (χ3v) is 11.5. The average molecular weight is 730 g/mol. The van der Waals surface area contributed by atoms with Crippen molar-refractivity contribution in [2.75, 3.05) is 6.66 Å². The zero-order valence-electron chi connectivity index (χ0n) is 32.2. The number of rotatable bonds is 11. The molecule has 274 valence electrons. The van der Waals surface area contributed by atoms with Crippen LogP contribution >= 0.6 is 19.3 Å². The van der Waals surface area contributed by atoms with Gasteiger partial charge in [0.05, 0.1) is 10.5 Å². The molecular weight excluding hydrogens is 674 g/mol. The van der Waals surface area contributed by atoms with Crippen LogP contribution in [0.4, 0.5) is 5.69 Å². The molecule has 1 aromatic heterocycles. The molecular formula is C43H56NO5PS. The number of carbonyl (C=O) groups excluding carboxylic acids is 3. The summed E-state index contributed by atoms with van der Waals surface area (Å²) in [5, 5.41) is 14.2. The summed E-state index contributed by atoms with van der Waals surface area (Å²) in [6.45, 7) is 26.2. The number of hydrogen-bond donors (Lipinski definition) is 0. The maximum atomic E-state index is 11.8. The Morgan fingerprint density at radius 2 is 1.14 bits per heavy atom. The molecule has 6 nitrogen and oxygen atoms in total. The van der Waals surface area contributed by atoms with Crippen molar-refractivity contribution >= 4 is 53.2 Å². The fraction of sp³-hybridized carbons (Fsp3) is 0.372. The topological polar surface area (TPSA) is 94.3 Å². The van der Waals surface area contributed by atoms with Crippen LogP contribution < -0.4 is 5.30 Å². The molecule has 51 heavy (non-hydrogen) atoms. The molecule has 1 atom stereocenters. The molecule has 4 aromatic rings. The first-order valence-electron chi connectivity index (χ1n) is 17.4. The molecule has 1 heterocycles. The largest absolute Gasteiger partial charge is 0.294 e. The summed E-state index contributed by atoms with van der Waals surface area (Å²) in [5.74, 6) is 0.234. The number of Topliss-reactive ketones (excluding diaryl/α,β-unsaturated/α-hetero) is 3. The van der Waals surface area contributed by atoms with Crippen LogP contribution in [0, 0.1) is 33.8 Å². The molecule has 0 aliphatic carbocycles. The van der Waals surface area contributed by atoms with Crippen LogP contribution in [0.5, 0.6) is 0 Å². The van der Waals surface area contributed by atoms with Gasteiger partial charge in [-0.3, -0.25) is 24.5 Å². The molecule has 0 spiro atoms. The fourth-order valence-electron chi connectivity index (χ4n) is 4.35. The molecule has 0 aliphatic heterocycles. The molecule has 0 amide bonds. The molecule has 8 heteroatoms. The van der Waals surface area contributed by atoms with Gasteiger partial charge in [0.1, 0.15) is 0 Å². The summed E-state index contributed by atoms with van der Waals surface area (Å²) < 4.78 is 0. The quantitative estimate of drug-likeness (QED) is 0.0663. The lowest BCUT2D eigenvalue weighted by molar-refractivity contribution is -0.385. The highest BCUT2D eigenvalue weighted by Crippen LogP contribution is 2.34. The highest BCUT2D eigenvalue weighted by molar-refractivity contribution is 7.65. The Hall–Kier alpha value is -4.06. The van der Waals surface area contributed by atoms with E-state index >= 15 is 0 Å². The molecule has 0 fully saturated rings. The number of nitrogens with zero attached hydrogens (tertiary/aromatic N) is 1. The summed E-state index contributed by atoms with van der Waals surface area (Å²) >= 11 is 1.76. The van der Waals surface area contributed by atoms with Crippen LogP contribution in [0.2, 0.25) is 0 Å². The van der Waals surface area contributed by atoms with Crippen LogP contribution in [0.3, 0.4) is 0 Å². The standard InChI is InChI=1S/C14H18O2.C10H11NO3.C10H15P.C9H12S/c1-9(2)13(15)11-6-5-7-12(8-11)14(16)10(3)4;1-7(2)10(12)8-5-3-4-6-9(8)11(13)14;1-9(2)11(3)10-7-5-4-6-8-10;1-7(2)8(3)9-5-4-6-10-9/h5-10H,1-4H3;3-7H,1-2H3;4-9H,1-3H3;4-7H,3H2,1-2H3. The summed E-state index contributed by atoms with van der Waals surface area (Å²) in [6.07, 6.45) is 0. The Kier molecular flexibility index (Phi) is 20.0. The Labute approximate surface area is 311 Å². The predicted molar refractivity (Wildman–Crippen MR) is 219 cm³/mol. The Bertz CT molecular complexity index is 1660. The number of para-hydroxylation sites is 1. The zero-order chi connectivity index (χ0) is 38.8. The monoisotopic (exact) mass is 729 g/mol. The third-order valence-electron chi connectivity index (χ3n) is 7.84. The summed E-state index contributed by atoms with van der Waals surface area (Å²) in [4.78, 5) is 46.5. The lowest BCUT2D eigenvalue weighted by Crippen LogP contribution is -2.11. The molecule has 0 N–H and O–H groups in total. The minimum Gasteiger partial charge on any atom is -0.294 e. The molecule has 1 unspecified atom stereocenters. The Balaban J connectivity index is 0.000000345. The Morgan fingerprint density at radius 1 is 0.647 bits per heavy atom. The number of thiophene rings is 1. The minimum atomic E-state index is -0.532. The van der Waals surface area contributed by atoms with Gasteiger partial charge in [-0.05, 0) is 52.7 Å². The predicted octanol–water partition coefficient (Wildman–Crippen LogP) is 12.0. The third kappa shape index (κ3) is 15.4. The highest BCUT2D eigenvalue weighted by Gasteiger charge is 2.21. The van der Waals surface area contributed by atoms with Gasteiger partial charge in [0.15, 0.2) is 17.3 Å². The molecule has 0 saturated heterocycles. The zero-order valence-corrected chi connectivity index (χ0v) is 33.9. The number of nitro groups is 1. The number of nitro benzene ring substituents is 1. The van der Waals surface area contributed by atoms with Gasteiger partial charge < -0.3 is 0 Å². The maximum absolute atomic E-state index is 11.8. The molecule has 0 radical (unpaired) electrons. The van der Waals surface area contributed by atoms with Gasteiger partial charge in [-0.25, -0.2) is 0 Å². The van der Waals surface area contributed by atoms with E-state index in [2.05, 4.69) is 88.8 Å². The number of hydrogen-bond acceptors (Lipinski definition) is 6. The van der Waals surface area contributed by atoms with Crippen molar-refractivity contribution in [3.05, 3.63) is 135 Å². The van der Waals surface area contributed by atoms with E-state index < -0.39 is 4.92 Å². The smallest absolute Gasteiger partial charge is 0.280 e. The molecule has 0 saturated carbocycles. The van der Waals surface area contributed by atoms with Crippen molar-refractivity contribution in [3.63, 3.8) is 0 Å². The van der Waals surface area contributed by atoms with Crippen molar-refractivity contribution in [3.8, 4) is 0 Å². The van der Waals surface area contributed by atoms with Gasteiger partial charge in [0.2, 0.25) is 0 Å². The molecule has 0 aliphatic rings. The number of carbonyl (C=O) groups is 3. The van der Waals surface area contributed by atoms with E-state index in [0.717, 1.165) is 5.66 Å². The average Bonchev–Trinajstić information content (AvgIpc) is 3.66. The van der Waals surface area contributed by atoms with Gasteiger partial charge >= 0.3 is 0 Å². The number of benzene rings is 3. The van der Waals surface area contributed by atoms with E-state index in [0.29, 0.717) is 17.0 Å². The van der Waals surface area contributed by atoms with Gasteiger partial charge in [0.25, 0.3) is 5.69 Å². The van der Waals surface area contributed by atoms with Crippen molar-refractivity contribution in [2.45, 2.75) is 74.9 Å². The van der Waals surface area contributed by atoms with Crippen LogP contribution in [0.15, 0.2) is 103 Å². The van der Waals surface area contributed by atoms with Crippen LogP contribution in [-0.4, -0.2) is 34.6 Å². The van der Waals surface area contributed by atoms with E-state index in [1.807, 2.05) is 27.7 Å². The van der Waals surface area contributed by atoms with Crippen molar-refractivity contribution in [1.29, 1.82) is 0 Å². The first-order chi connectivity index (χ1) is 23.9. The highest BCUT2D eigenvalue weighted by atomic mass is 32.1. The second-order valence-electron chi connectivity index (χ2n) is 13.6. The maximum Gasteiger partial charge on any atom is 0.280 e. The Morgan fingerprint density at radius 3 is 1.55 bits per heavy atom. The van der Waals surface area contributed by atoms with E-state index in [9.17, 15) is 24.5 Å². The van der Waals surface area contributed by atoms with Crippen LogP contribution in [-0.2, 0) is 0 Å². The van der Waals surface area contributed by atoms with Crippen molar-refractivity contribution in [1.82, 2.24) is 0 Å². The normalized spacial score (nSPS) is 11.1. The van der Waals surface area contributed by atoms with Gasteiger partial charge in [-0.2, -0.15) is 0 Å². The second-order valence-corrected chi connectivity index (χ2v) is 17.3. The van der Waals surface area contributed by atoms with Gasteiger partial charge in [-0.1, -0.05) is 150 Å². The minimum absolute atomic E-state index is 0.0376. The van der Waals surface area contributed by atoms with Gasteiger partial charge in [0, 0.05) is 39.8 Å². The van der Waals surface area contributed by atoms with Crippen LogP contribution in [0.25, 0.3) is 5.57 Å². The van der Waals surface area contributed by atoms with Gasteiger partial charge in [-0.15, -0.1) is 11.3 Å². The van der Waals surface area contributed by atoms with E-state index in [1.165, 1.54) is 27.9 Å². The molecule has 3 aromatic carbocycles. The molecule has 4 rings (SSSR count). The number of ketones is 3. The lowest BCUT2D eigenvalue weighted by atomic mass is 9.95.